The zero-order valence-electron chi connectivity index (χ0n) is 9.59. The Labute approximate surface area is 94.6 Å². The molecule has 1 unspecified atom stereocenters. The lowest BCUT2D eigenvalue weighted by atomic mass is 10.1. The van der Waals surface area contributed by atoms with Crippen molar-refractivity contribution in [3.63, 3.8) is 0 Å². The van der Waals surface area contributed by atoms with Crippen molar-refractivity contribution >= 4 is 0 Å². The van der Waals surface area contributed by atoms with Gasteiger partial charge in [0, 0.05) is 18.2 Å². The van der Waals surface area contributed by atoms with Crippen LogP contribution in [0.4, 0.5) is 8.78 Å². The molecule has 0 saturated carbocycles. The fourth-order valence-electron chi connectivity index (χ4n) is 1.46. The summed E-state index contributed by atoms with van der Waals surface area (Å²) in [5, 5.41) is 2.95. The molecule has 0 aliphatic rings. The van der Waals surface area contributed by atoms with Gasteiger partial charge < -0.3 is 10.1 Å². The third kappa shape index (κ3) is 3.54. The Morgan fingerprint density at radius 3 is 2.69 bits per heavy atom. The first-order valence-electron chi connectivity index (χ1n) is 5.39. The third-order valence-corrected chi connectivity index (χ3v) is 2.32. The van der Waals surface area contributed by atoms with Crippen molar-refractivity contribution in [3.05, 3.63) is 35.4 Å². The van der Waals surface area contributed by atoms with Gasteiger partial charge in [0.2, 0.25) is 0 Å². The van der Waals surface area contributed by atoms with Gasteiger partial charge >= 0.3 is 0 Å². The van der Waals surface area contributed by atoms with Crippen LogP contribution in [0.5, 0.6) is 0 Å². The van der Waals surface area contributed by atoms with Gasteiger partial charge in [-0.05, 0) is 19.5 Å². The molecule has 2 nitrogen and oxygen atoms in total. The number of halogens is 2. The molecule has 0 aliphatic carbocycles. The molecule has 1 aromatic rings. The SMILES string of the molecule is CCCOCC(NC)c1ccc(F)cc1F. The molecule has 4 heteroatoms. The van der Waals surface area contributed by atoms with Crippen molar-refractivity contribution in [3.8, 4) is 0 Å². The third-order valence-electron chi connectivity index (χ3n) is 2.32. The van der Waals surface area contributed by atoms with Gasteiger partial charge in [-0.3, -0.25) is 0 Å². The molecule has 1 N–H and O–H groups in total. The van der Waals surface area contributed by atoms with Crippen LogP contribution in [0.25, 0.3) is 0 Å². The Hall–Kier alpha value is -1.00. The van der Waals surface area contributed by atoms with Gasteiger partial charge in [0.1, 0.15) is 11.6 Å². The Morgan fingerprint density at radius 1 is 1.38 bits per heavy atom. The average molecular weight is 229 g/mol. The molecular formula is C12H17F2NO. The van der Waals surface area contributed by atoms with Gasteiger partial charge in [-0.15, -0.1) is 0 Å². The maximum atomic E-state index is 13.5. The van der Waals surface area contributed by atoms with E-state index in [1.807, 2.05) is 6.92 Å². The summed E-state index contributed by atoms with van der Waals surface area (Å²) < 4.78 is 31.5. The predicted molar refractivity (Wildman–Crippen MR) is 59.3 cm³/mol. The lowest BCUT2D eigenvalue weighted by Crippen LogP contribution is -2.23. The van der Waals surface area contributed by atoms with E-state index in [2.05, 4.69) is 5.32 Å². The molecular weight excluding hydrogens is 212 g/mol. The molecule has 1 rings (SSSR count). The Bertz CT molecular complexity index is 331. The van der Waals surface area contributed by atoms with Crippen LogP contribution < -0.4 is 5.32 Å². The number of ether oxygens (including phenoxy) is 1. The van der Waals surface area contributed by atoms with Crippen LogP contribution >= 0.6 is 0 Å². The smallest absolute Gasteiger partial charge is 0.130 e. The van der Waals surface area contributed by atoms with Gasteiger partial charge in [-0.1, -0.05) is 13.0 Å². The highest BCUT2D eigenvalue weighted by molar-refractivity contribution is 5.22. The average Bonchev–Trinajstić information content (AvgIpc) is 2.26. The van der Waals surface area contributed by atoms with Crippen molar-refractivity contribution < 1.29 is 13.5 Å². The second kappa shape index (κ2) is 6.55. The highest BCUT2D eigenvalue weighted by Crippen LogP contribution is 2.18. The minimum Gasteiger partial charge on any atom is -0.379 e. The zero-order valence-corrected chi connectivity index (χ0v) is 9.59. The minimum absolute atomic E-state index is 0.243. The highest BCUT2D eigenvalue weighted by atomic mass is 19.1. The number of likely N-dealkylation sites (N-methyl/N-ethyl adjacent to an activating group) is 1. The van der Waals surface area contributed by atoms with Gasteiger partial charge in [-0.2, -0.15) is 0 Å². The van der Waals surface area contributed by atoms with E-state index in [9.17, 15) is 8.78 Å². The first-order valence-corrected chi connectivity index (χ1v) is 5.39. The second-order valence-corrected chi connectivity index (χ2v) is 3.58. The van der Waals surface area contributed by atoms with Crippen LogP contribution in [-0.2, 0) is 4.74 Å². The maximum absolute atomic E-state index is 13.5. The summed E-state index contributed by atoms with van der Waals surface area (Å²) in [6, 6.07) is 3.34. The van der Waals surface area contributed by atoms with Crippen molar-refractivity contribution in [1.29, 1.82) is 0 Å². The van der Waals surface area contributed by atoms with Crippen LogP contribution in [-0.4, -0.2) is 20.3 Å². The Balaban J connectivity index is 2.70. The highest BCUT2D eigenvalue weighted by Gasteiger charge is 2.14. The first kappa shape index (κ1) is 13.1. The molecule has 0 fully saturated rings. The number of nitrogens with one attached hydrogen (secondary N) is 1. The van der Waals surface area contributed by atoms with Gasteiger partial charge in [0.15, 0.2) is 0 Å². The van der Waals surface area contributed by atoms with E-state index in [0.717, 1.165) is 12.5 Å². The topological polar surface area (TPSA) is 21.3 Å². The molecule has 90 valence electrons. The molecule has 0 amide bonds. The number of hydrogen-bond acceptors (Lipinski definition) is 2. The first-order chi connectivity index (χ1) is 7.69. The molecule has 0 bridgehead atoms. The van der Waals surface area contributed by atoms with Crippen LogP contribution in [0.3, 0.4) is 0 Å². The summed E-state index contributed by atoms with van der Waals surface area (Å²) in [5.41, 5.74) is 0.431. The van der Waals surface area contributed by atoms with Gasteiger partial charge in [0.05, 0.1) is 12.6 Å². The quantitative estimate of drug-likeness (QED) is 0.757. The molecule has 0 aromatic heterocycles. The van der Waals surface area contributed by atoms with Crippen LogP contribution in [0.2, 0.25) is 0 Å². The van der Waals surface area contributed by atoms with Crippen molar-refractivity contribution in [1.82, 2.24) is 5.32 Å². The summed E-state index contributed by atoms with van der Waals surface area (Å²) in [7, 11) is 1.72. The van der Waals surface area contributed by atoms with Crippen LogP contribution in [0.1, 0.15) is 24.9 Å². The van der Waals surface area contributed by atoms with Gasteiger partial charge in [0.25, 0.3) is 0 Å². The fourth-order valence-corrected chi connectivity index (χ4v) is 1.46. The standard InChI is InChI=1S/C12H17F2NO/c1-3-6-16-8-12(15-2)10-5-4-9(13)7-11(10)14/h4-5,7,12,15H,3,6,8H2,1-2H3. The van der Waals surface area contributed by atoms with Crippen molar-refractivity contribution in [2.75, 3.05) is 20.3 Å². The van der Waals surface area contributed by atoms with E-state index >= 15 is 0 Å². The maximum Gasteiger partial charge on any atom is 0.130 e. The van der Waals surface area contributed by atoms with Gasteiger partial charge in [-0.25, -0.2) is 8.78 Å². The molecule has 0 radical (unpaired) electrons. The van der Waals surface area contributed by atoms with E-state index in [1.165, 1.54) is 12.1 Å². The molecule has 0 spiro atoms. The van der Waals surface area contributed by atoms with Crippen molar-refractivity contribution in [2.24, 2.45) is 0 Å². The number of rotatable bonds is 6. The number of hydrogen-bond donors (Lipinski definition) is 1. The summed E-state index contributed by atoms with van der Waals surface area (Å²) in [6.07, 6.45) is 0.919. The second-order valence-electron chi connectivity index (χ2n) is 3.58. The van der Waals surface area contributed by atoms with Crippen molar-refractivity contribution in [2.45, 2.75) is 19.4 Å². The molecule has 1 aromatic carbocycles. The predicted octanol–water partition coefficient (Wildman–Crippen LogP) is 2.65. The van der Waals surface area contributed by atoms with Crippen LogP contribution in [0.15, 0.2) is 18.2 Å². The molecule has 0 saturated heterocycles. The lowest BCUT2D eigenvalue weighted by Gasteiger charge is -2.17. The van der Waals surface area contributed by atoms with E-state index in [0.29, 0.717) is 18.8 Å². The Kier molecular flexibility index (Phi) is 5.35. The van der Waals surface area contributed by atoms with E-state index < -0.39 is 11.6 Å². The molecule has 0 aliphatic heterocycles. The zero-order chi connectivity index (χ0) is 12.0. The molecule has 1 atom stereocenters. The fraction of sp³-hybridized carbons (Fsp3) is 0.500. The Morgan fingerprint density at radius 2 is 2.12 bits per heavy atom. The summed E-state index contributed by atoms with van der Waals surface area (Å²) >= 11 is 0. The summed E-state index contributed by atoms with van der Waals surface area (Å²) in [4.78, 5) is 0. The summed E-state index contributed by atoms with van der Waals surface area (Å²) in [5.74, 6) is -1.11. The molecule has 16 heavy (non-hydrogen) atoms. The summed E-state index contributed by atoms with van der Waals surface area (Å²) in [6.45, 7) is 3.03. The van der Waals surface area contributed by atoms with E-state index in [1.54, 1.807) is 7.05 Å². The minimum atomic E-state index is -0.564. The largest absolute Gasteiger partial charge is 0.379 e. The lowest BCUT2D eigenvalue weighted by molar-refractivity contribution is 0.113. The van der Waals surface area contributed by atoms with E-state index in [4.69, 9.17) is 4.74 Å². The monoisotopic (exact) mass is 229 g/mol. The molecule has 0 heterocycles. The van der Waals surface area contributed by atoms with E-state index in [-0.39, 0.29) is 6.04 Å². The normalized spacial score (nSPS) is 12.8. The van der Waals surface area contributed by atoms with Crippen LogP contribution in [0, 0.1) is 11.6 Å². The number of benzene rings is 1.